The molecule has 0 saturated heterocycles. The minimum Gasteiger partial charge on any atom is -0.497 e. The van der Waals surface area contributed by atoms with Crippen LogP contribution in [0.2, 0.25) is 0 Å². The number of methoxy groups -OCH3 is 1. The molecule has 0 bridgehead atoms. The lowest BCUT2D eigenvalue weighted by molar-refractivity contribution is 0.0276. The third kappa shape index (κ3) is 5.64. The van der Waals surface area contributed by atoms with E-state index in [2.05, 4.69) is 79.1 Å². The highest BCUT2D eigenvalue weighted by atomic mass is 16.6. The van der Waals surface area contributed by atoms with Gasteiger partial charge in [0.2, 0.25) is 0 Å². The Bertz CT molecular complexity index is 1670. The number of hydrogen-bond acceptors (Lipinski definition) is 6. The van der Waals surface area contributed by atoms with Crippen LogP contribution >= 0.6 is 0 Å². The molecule has 1 unspecified atom stereocenters. The topological polar surface area (TPSA) is 45.3 Å². The molecule has 228 valence electrons. The number of nitrogens with zero attached hydrogens (tertiary/aromatic N) is 3. The fraction of sp³-hybridized carbons (Fsp3) is 0.289. The molecule has 0 aromatic heterocycles. The Kier molecular flexibility index (Phi) is 8.73. The molecule has 44 heavy (non-hydrogen) atoms. The summed E-state index contributed by atoms with van der Waals surface area (Å²) in [6.45, 7) is 8.38. The quantitative estimate of drug-likeness (QED) is 0.178. The third-order valence-corrected chi connectivity index (χ3v) is 8.58. The molecule has 0 N–H and O–H groups in total. The van der Waals surface area contributed by atoms with Gasteiger partial charge in [-0.2, -0.15) is 0 Å². The lowest BCUT2D eigenvalue weighted by Crippen LogP contribution is -2.26. The first-order valence-electron chi connectivity index (χ1n) is 15.2. The standard InChI is InChI=1S/C38H43N3O3/c1-9-41(10-2)31-17-21-33(26(3)23-31)35(27-11-15-29(16-12-27)39(4)5)25-38(28-13-19-32(43-8)20-14-28)36-22-18-30(40(6)7)24-34(36)37(42)44-38/h11-25H,9-10H2,1-8H3. The van der Waals surface area contributed by atoms with Gasteiger partial charge in [0.05, 0.1) is 12.7 Å². The monoisotopic (exact) mass is 589 g/mol. The molecule has 0 aliphatic carbocycles. The average Bonchev–Trinajstić information content (AvgIpc) is 3.32. The average molecular weight is 590 g/mol. The van der Waals surface area contributed by atoms with Crippen molar-refractivity contribution < 1.29 is 14.3 Å². The number of aryl methyl sites for hydroxylation is 1. The zero-order valence-corrected chi connectivity index (χ0v) is 27.1. The summed E-state index contributed by atoms with van der Waals surface area (Å²) in [7, 11) is 9.67. The van der Waals surface area contributed by atoms with Crippen LogP contribution in [-0.4, -0.2) is 54.4 Å². The summed E-state index contributed by atoms with van der Waals surface area (Å²) in [5.74, 6) is 0.398. The van der Waals surface area contributed by atoms with Crippen molar-refractivity contribution in [3.8, 4) is 5.75 Å². The molecule has 0 spiro atoms. The van der Waals surface area contributed by atoms with E-state index in [0.717, 1.165) is 63.6 Å². The van der Waals surface area contributed by atoms with Gasteiger partial charge in [-0.05, 0) is 97.6 Å². The Hall–Kier alpha value is -4.71. The van der Waals surface area contributed by atoms with Crippen molar-refractivity contribution >= 4 is 28.6 Å². The number of fused-ring (bicyclic) bond motifs is 1. The number of hydrogen-bond donors (Lipinski definition) is 0. The van der Waals surface area contributed by atoms with Crippen molar-refractivity contribution in [2.75, 3.05) is 63.1 Å². The Morgan fingerprint density at radius 2 is 1.41 bits per heavy atom. The molecule has 4 aromatic rings. The van der Waals surface area contributed by atoms with Crippen LogP contribution in [0.3, 0.4) is 0 Å². The van der Waals surface area contributed by atoms with Crippen LogP contribution in [-0.2, 0) is 10.3 Å². The SMILES string of the molecule is CCN(CC)c1ccc(C(=CC2(c3ccc(OC)cc3)OC(=O)c3cc(N(C)C)ccc32)c2ccc(N(C)C)cc2)c(C)c1. The van der Waals surface area contributed by atoms with Gasteiger partial charge in [0.1, 0.15) is 5.75 Å². The molecule has 0 fully saturated rings. The number of ether oxygens (including phenoxy) is 2. The maximum atomic E-state index is 13.7. The maximum absolute atomic E-state index is 13.7. The summed E-state index contributed by atoms with van der Waals surface area (Å²) < 4.78 is 12.0. The fourth-order valence-electron chi connectivity index (χ4n) is 6.00. The fourth-order valence-corrected chi connectivity index (χ4v) is 6.00. The van der Waals surface area contributed by atoms with Gasteiger partial charge in [0.15, 0.2) is 5.60 Å². The van der Waals surface area contributed by atoms with Crippen molar-refractivity contribution in [1.29, 1.82) is 0 Å². The highest BCUT2D eigenvalue weighted by Gasteiger charge is 2.46. The largest absolute Gasteiger partial charge is 0.497 e. The predicted octanol–water partition coefficient (Wildman–Crippen LogP) is 7.53. The number of carbonyl (C=O) groups excluding carboxylic acids is 1. The molecule has 1 aliphatic rings. The lowest BCUT2D eigenvalue weighted by Gasteiger charge is -2.29. The molecule has 1 aliphatic heterocycles. The second kappa shape index (κ2) is 12.5. The highest BCUT2D eigenvalue weighted by Crippen LogP contribution is 2.47. The molecule has 0 radical (unpaired) electrons. The van der Waals surface area contributed by atoms with E-state index in [1.807, 2.05) is 75.6 Å². The molecule has 0 amide bonds. The van der Waals surface area contributed by atoms with E-state index < -0.39 is 5.60 Å². The Morgan fingerprint density at radius 1 is 0.795 bits per heavy atom. The van der Waals surface area contributed by atoms with Crippen LogP contribution in [0.5, 0.6) is 5.75 Å². The third-order valence-electron chi connectivity index (χ3n) is 8.58. The molecule has 1 heterocycles. The van der Waals surface area contributed by atoms with Gasteiger partial charge in [-0.15, -0.1) is 0 Å². The summed E-state index contributed by atoms with van der Waals surface area (Å²) in [5.41, 5.74) is 8.60. The lowest BCUT2D eigenvalue weighted by atomic mass is 9.81. The van der Waals surface area contributed by atoms with Crippen LogP contribution in [0.25, 0.3) is 5.57 Å². The van der Waals surface area contributed by atoms with E-state index in [-0.39, 0.29) is 5.97 Å². The zero-order chi connectivity index (χ0) is 31.6. The first-order valence-corrected chi connectivity index (χ1v) is 15.2. The van der Waals surface area contributed by atoms with E-state index >= 15 is 0 Å². The van der Waals surface area contributed by atoms with E-state index in [0.29, 0.717) is 5.56 Å². The molecule has 4 aromatic carbocycles. The van der Waals surface area contributed by atoms with Gasteiger partial charge >= 0.3 is 5.97 Å². The summed E-state index contributed by atoms with van der Waals surface area (Å²) in [5, 5.41) is 0. The van der Waals surface area contributed by atoms with Crippen molar-refractivity contribution in [2.45, 2.75) is 26.4 Å². The van der Waals surface area contributed by atoms with Gasteiger partial charge in [-0.25, -0.2) is 4.79 Å². The predicted molar refractivity (Wildman–Crippen MR) is 183 cm³/mol. The zero-order valence-electron chi connectivity index (χ0n) is 27.1. The first-order chi connectivity index (χ1) is 21.1. The minimum absolute atomic E-state index is 0.341. The molecule has 1 atom stereocenters. The smallest absolute Gasteiger partial charge is 0.340 e. The first kappa shape index (κ1) is 30.7. The summed E-state index contributed by atoms with van der Waals surface area (Å²) in [6.07, 6.45) is 2.14. The van der Waals surface area contributed by atoms with Crippen LogP contribution < -0.4 is 19.4 Å². The van der Waals surface area contributed by atoms with Crippen LogP contribution in [0.15, 0.2) is 91.0 Å². The number of anilines is 3. The Labute approximate surface area is 262 Å². The number of esters is 1. The van der Waals surface area contributed by atoms with Gasteiger partial charge in [0, 0.05) is 69.5 Å². The summed E-state index contributed by atoms with van der Waals surface area (Å²) in [6, 6.07) is 29.0. The van der Waals surface area contributed by atoms with E-state index in [1.165, 1.54) is 5.69 Å². The molecule has 6 nitrogen and oxygen atoms in total. The van der Waals surface area contributed by atoms with Crippen molar-refractivity contribution in [3.05, 3.63) is 124 Å². The van der Waals surface area contributed by atoms with Crippen LogP contribution in [0.4, 0.5) is 17.1 Å². The Balaban J connectivity index is 1.80. The van der Waals surface area contributed by atoms with Gasteiger partial charge in [-0.3, -0.25) is 0 Å². The normalized spacial score (nSPS) is 15.9. The molecule has 0 saturated carbocycles. The number of benzene rings is 4. The van der Waals surface area contributed by atoms with Gasteiger partial charge in [-0.1, -0.05) is 36.4 Å². The summed E-state index contributed by atoms with van der Waals surface area (Å²) >= 11 is 0. The van der Waals surface area contributed by atoms with Crippen LogP contribution in [0.1, 0.15) is 52.0 Å². The van der Waals surface area contributed by atoms with Gasteiger partial charge in [0.25, 0.3) is 0 Å². The number of rotatable bonds is 10. The van der Waals surface area contributed by atoms with E-state index in [4.69, 9.17) is 9.47 Å². The second-order valence-electron chi connectivity index (χ2n) is 11.6. The second-order valence-corrected chi connectivity index (χ2v) is 11.6. The highest BCUT2D eigenvalue weighted by molar-refractivity contribution is 5.98. The molecular formula is C38H43N3O3. The molecular weight excluding hydrogens is 546 g/mol. The van der Waals surface area contributed by atoms with Crippen molar-refractivity contribution in [1.82, 2.24) is 0 Å². The minimum atomic E-state index is -1.15. The maximum Gasteiger partial charge on any atom is 0.340 e. The molecule has 6 heteroatoms. The van der Waals surface area contributed by atoms with Gasteiger partial charge < -0.3 is 24.2 Å². The number of cyclic esters (lactones) is 1. The summed E-state index contributed by atoms with van der Waals surface area (Å²) in [4.78, 5) is 20.1. The van der Waals surface area contributed by atoms with Crippen LogP contribution in [0, 0.1) is 6.92 Å². The number of carbonyl (C=O) groups is 1. The van der Waals surface area contributed by atoms with E-state index in [9.17, 15) is 4.79 Å². The van der Waals surface area contributed by atoms with Crippen molar-refractivity contribution in [3.63, 3.8) is 0 Å². The Morgan fingerprint density at radius 3 is 1.98 bits per heavy atom. The molecule has 5 rings (SSSR count). The van der Waals surface area contributed by atoms with Crippen molar-refractivity contribution in [2.24, 2.45) is 0 Å². The van der Waals surface area contributed by atoms with E-state index in [1.54, 1.807) is 7.11 Å².